The van der Waals surface area contributed by atoms with E-state index < -0.39 is 5.97 Å². The quantitative estimate of drug-likeness (QED) is 0.469. The van der Waals surface area contributed by atoms with Crippen molar-refractivity contribution in [1.82, 2.24) is 19.7 Å². The fourth-order valence-electron chi connectivity index (χ4n) is 4.47. The first-order valence-corrected chi connectivity index (χ1v) is 10.9. The Balaban J connectivity index is 1.49. The smallest absolute Gasteiger partial charge is 0.306 e. The van der Waals surface area contributed by atoms with E-state index in [-0.39, 0.29) is 23.4 Å². The lowest BCUT2D eigenvalue weighted by Gasteiger charge is -2.26. The van der Waals surface area contributed by atoms with Crippen LogP contribution in [0.5, 0.6) is 0 Å². The molecule has 166 valence electrons. The number of carboxylic acids is 1. The summed E-state index contributed by atoms with van der Waals surface area (Å²) in [7, 11) is 0. The molecule has 5 rings (SSSR count). The third kappa shape index (κ3) is 3.95. The van der Waals surface area contributed by atoms with E-state index in [2.05, 4.69) is 15.3 Å². The largest absolute Gasteiger partial charge is 0.481 e. The van der Waals surface area contributed by atoms with E-state index >= 15 is 0 Å². The Bertz CT molecular complexity index is 1420. The Labute approximate surface area is 188 Å². The van der Waals surface area contributed by atoms with Gasteiger partial charge in [0.2, 0.25) is 0 Å². The summed E-state index contributed by atoms with van der Waals surface area (Å²) in [5.74, 6) is -1.44. The predicted molar refractivity (Wildman–Crippen MR) is 123 cm³/mol. The van der Waals surface area contributed by atoms with Gasteiger partial charge in [0.1, 0.15) is 0 Å². The van der Waals surface area contributed by atoms with Crippen LogP contribution in [0.25, 0.3) is 27.7 Å². The van der Waals surface area contributed by atoms with Crippen LogP contribution in [0.15, 0.2) is 65.8 Å². The van der Waals surface area contributed by atoms with Gasteiger partial charge in [-0.1, -0.05) is 12.1 Å². The van der Waals surface area contributed by atoms with Crippen molar-refractivity contribution >= 4 is 28.4 Å². The average molecular weight is 442 g/mol. The number of carbonyl (C=O) groups is 2. The highest BCUT2D eigenvalue weighted by atomic mass is 16.4. The summed E-state index contributed by atoms with van der Waals surface area (Å²) < 4.78 is 1.39. The first-order chi connectivity index (χ1) is 16.0. The van der Waals surface area contributed by atoms with Crippen LogP contribution in [0.1, 0.15) is 36.0 Å². The zero-order valence-electron chi connectivity index (χ0n) is 17.8. The number of nitrogens with one attached hydrogen (secondary N) is 1. The SMILES string of the molecule is O=C(N[C@H]1CC[C@@H](C(=O)O)CC1)c1cccn2c(=O)c3cc(-c4cccnc4)ccc3nc12. The first-order valence-electron chi connectivity index (χ1n) is 10.9. The summed E-state index contributed by atoms with van der Waals surface area (Å²) >= 11 is 0. The molecule has 0 bridgehead atoms. The van der Waals surface area contributed by atoms with Crippen molar-refractivity contribution < 1.29 is 14.7 Å². The molecule has 0 saturated heterocycles. The lowest BCUT2D eigenvalue weighted by molar-refractivity contribution is -0.142. The minimum absolute atomic E-state index is 0.0948. The van der Waals surface area contributed by atoms with Crippen molar-refractivity contribution in [3.05, 3.63) is 77.0 Å². The van der Waals surface area contributed by atoms with E-state index in [0.717, 1.165) is 11.1 Å². The standard InChI is InChI=1S/C25H22N4O4/c30-23(27-18-8-5-15(6-9-18)25(32)33)19-4-2-12-29-22(19)28-21-10-7-16(13-20(21)24(29)31)17-3-1-11-26-14-17/h1-4,7,10-15,18H,5-6,8-9H2,(H,27,30)(H,32,33)/t15-,18+. The van der Waals surface area contributed by atoms with Crippen LogP contribution < -0.4 is 10.9 Å². The molecule has 4 aromatic rings. The van der Waals surface area contributed by atoms with Crippen LogP contribution in [0.4, 0.5) is 0 Å². The molecule has 8 nitrogen and oxygen atoms in total. The van der Waals surface area contributed by atoms with Gasteiger partial charge in [-0.25, -0.2) is 4.98 Å². The van der Waals surface area contributed by atoms with Gasteiger partial charge in [-0.05, 0) is 61.6 Å². The molecule has 1 amide bonds. The normalized spacial score (nSPS) is 18.3. The molecule has 2 N–H and O–H groups in total. The number of aliphatic carboxylic acids is 1. The number of hydrogen-bond acceptors (Lipinski definition) is 5. The number of hydrogen-bond donors (Lipinski definition) is 2. The highest BCUT2D eigenvalue weighted by Gasteiger charge is 2.27. The molecule has 0 aliphatic heterocycles. The average Bonchev–Trinajstić information content (AvgIpc) is 2.84. The maximum Gasteiger partial charge on any atom is 0.306 e. The Hall–Kier alpha value is -4.07. The van der Waals surface area contributed by atoms with Gasteiger partial charge in [0.15, 0.2) is 5.65 Å². The number of carboxylic acid groups (broad SMARTS) is 1. The van der Waals surface area contributed by atoms with E-state index in [1.54, 1.807) is 42.9 Å². The fourth-order valence-corrected chi connectivity index (χ4v) is 4.47. The minimum Gasteiger partial charge on any atom is -0.481 e. The molecule has 1 aromatic carbocycles. The molecule has 0 spiro atoms. The second-order valence-corrected chi connectivity index (χ2v) is 8.37. The van der Waals surface area contributed by atoms with Crippen molar-refractivity contribution in [3.8, 4) is 11.1 Å². The molecule has 1 saturated carbocycles. The van der Waals surface area contributed by atoms with E-state index in [9.17, 15) is 14.4 Å². The van der Waals surface area contributed by atoms with Crippen molar-refractivity contribution in [2.75, 3.05) is 0 Å². The first kappa shape index (κ1) is 20.8. The maximum absolute atomic E-state index is 13.3. The number of aromatic nitrogens is 3. The molecule has 1 fully saturated rings. The molecule has 1 aliphatic rings. The third-order valence-electron chi connectivity index (χ3n) is 6.29. The van der Waals surface area contributed by atoms with Gasteiger partial charge in [-0.3, -0.25) is 23.8 Å². The molecule has 3 heterocycles. The Kier molecular flexibility index (Phi) is 5.34. The highest BCUT2D eigenvalue weighted by Crippen LogP contribution is 2.25. The number of benzene rings is 1. The van der Waals surface area contributed by atoms with E-state index in [4.69, 9.17) is 5.11 Å². The predicted octanol–water partition coefficient (Wildman–Crippen LogP) is 3.28. The number of amides is 1. The van der Waals surface area contributed by atoms with Crippen LogP contribution in [-0.2, 0) is 4.79 Å². The van der Waals surface area contributed by atoms with E-state index in [1.165, 1.54) is 4.40 Å². The molecular weight excluding hydrogens is 420 g/mol. The molecule has 0 unspecified atom stereocenters. The topological polar surface area (TPSA) is 114 Å². The summed E-state index contributed by atoms with van der Waals surface area (Å²) in [4.78, 5) is 46.2. The van der Waals surface area contributed by atoms with Gasteiger partial charge in [0, 0.05) is 30.2 Å². The van der Waals surface area contributed by atoms with Gasteiger partial charge in [-0.15, -0.1) is 0 Å². The van der Waals surface area contributed by atoms with Crippen LogP contribution in [0, 0.1) is 5.92 Å². The van der Waals surface area contributed by atoms with Gasteiger partial charge in [-0.2, -0.15) is 0 Å². The van der Waals surface area contributed by atoms with Crippen molar-refractivity contribution in [2.45, 2.75) is 31.7 Å². The van der Waals surface area contributed by atoms with Gasteiger partial charge in [0.05, 0.1) is 22.4 Å². The molecule has 33 heavy (non-hydrogen) atoms. The van der Waals surface area contributed by atoms with Crippen LogP contribution in [0.3, 0.4) is 0 Å². The monoisotopic (exact) mass is 442 g/mol. The van der Waals surface area contributed by atoms with E-state index in [1.807, 2.05) is 18.2 Å². The Morgan fingerprint density at radius 2 is 1.85 bits per heavy atom. The number of carbonyl (C=O) groups excluding carboxylic acids is 1. The zero-order valence-corrected chi connectivity index (χ0v) is 17.8. The molecule has 8 heteroatoms. The summed E-state index contributed by atoms with van der Waals surface area (Å²) in [5.41, 5.74) is 2.62. The number of nitrogens with zero attached hydrogens (tertiary/aromatic N) is 3. The minimum atomic E-state index is -0.782. The number of fused-ring (bicyclic) bond motifs is 2. The number of rotatable bonds is 4. The van der Waals surface area contributed by atoms with Crippen LogP contribution in [0.2, 0.25) is 0 Å². The lowest BCUT2D eigenvalue weighted by Crippen LogP contribution is -2.39. The molecule has 3 aromatic heterocycles. The third-order valence-corrected chi connectivity index (χ3v) is 6.29. The van der Waals surface area contributed by atoms with Crippen molar-refractivity contribution in [2.24, 2.45) is 5.92 Å². The zero-order chi connectivity index (χ0) is 22.9. The fraction of sp³-hybridized carbons (Fsp3) is 0.240. The van der Waals surface area contributed by atoms with Gasteiger partial charge in [0.25, 0.3) is 11.5 Å². The lowest BCUT2D eigenvalue weighted by atomic mass is 9.86. The maximum atomic E-state index is 13.3. The van der Waals surface area contributed by atoms with E-state index in [0.29, 0.717) is 47.8 Å². The second-order valence-electron chi connectivity index (χ2n) is 8.37. The molecular formula is C25H22N4O4. The molecule has 1 aliphatic carbocycles. The molecule has 0 radical (unpaired) electrons. The Morgan fingerprint density at radius 1 is 1.03 bits per heavy atom. The number of pyridine rings is 2. The summed E-state index contributed by atoms with van der Waals surface area (Å²) in [6.07, 6.45) is 7.34. The second kappa shape index (κ2) is 8.46. The highest BCUT2D eigenvalue weighted by molar-refractivity contribution is 6.01. The molecule has 0 atom stereocenters. The summed E-state index contributed by atoms with van der Waals surface area (Å²) in [6.45, 7) is 0. The van der Waals surface area contributed by atoms with Crippen LogP contribution in [-0.4, -0.2) is 37.4 Å². The summed E-state index contributed by atoms with van der Waals surface area (Å²) in [6, 6.07) is 12.4. The van der Waals surface area contributed by atoms with Gasteiger partial charge >= 0.3 is 5.97 Å². The van der Waals surface area contributed by atoms with Crippen LogP contribution >= 0.6 is 0 Å². The van der Waals surface area contributed by atoms with Crippen molar-refractivity contribution in [3.63, 3.8) is 0 Å². The van der Waals surface area contributed by atoms with Gasteiger partial charge < -0.3 is 10.4 Å². The summed E-state index contributed by atoms with van der Waals surface area (Å²) in [5, 5.41) is 12.6. The van der Waals surface area contributed by atoms with Crippen molar-refractivity contribution in [1.29, 1.82) is 0 Å². The Morgan fingerprint density at radius 3 is 2.58 bits per heavy atom.